The van der Waals surface area contributed by atoms with Crippen molar-refractivity contribution >= 4 is 11.6 Å². The van der Waals surface area contributed by atoms with Gasteiger partial charge in [-0.15, -0.1) is 0 Å². The molecule has 0 aliphatic carbocycles. The normalized spacial score (nSPS) is 16.2. The van der Waals surface area contributed by atoms with Gasteiger partial charge in [-0.1, -0.05) is 18.2 Å². The van der Waals surface area contributed by atoms with Crippen LogP contribution < -0.4 is 15.4 Å². The zero-order valence-electron chi connectivity index (χ0n) is 12.4. The summed E-state index contributed by atoms with van der Waals surface area (Å²) in [5, 5.41) is 6.55. The quantitative estimate of drug-likeness (QED) is 0.884. The summed E-state index contributed by atoms with van der Waals surface area (Å²) in [6, 6.07) is 10.1. The SMILES string of the molecule is CCNc1cc(NCC2Cc3ccccc3O2)nc(C)n1. The minimum absolute atomic E-state index is 0.153. The van der Waals surface area contributed by atoms with Gasteiger partial charge in [-0.05, 0) is 25.5 Å². The van der Waals surface area contributed by atoms with Gasteiger partial charge in [-0.25, -0.2) is 9.97 Å². The lowest BCUT2D eigenvalue weighted by Crippen LogP contribution is -2.24. The molecule has 0 amide bonds. The predicted octanol–water partition coefficient (Wildman–Crippen LogP) is 2.63. The Morgan fingerprint density at radius 1 is 1.19 bits per heavy atom. The topological polar surface area (TPSA) is 59.1 Å². The molecule has 0 saturated heterocycles. The molecule has 1 aliphatic rings. The van der Waals surface area contributed by atoms with Gasteiger partial charge in [0.1, 0.15) is 29.3 Å². The Morgan fingerprint density at radius 3 is 2.71 bits per heavy atom. The summed E-state index contributed by atoms with van der Waals surface area (Å²) >= 11 is 0. The summed E-state index contributed by atoms with van der Waals surface area (Å²) in [6.45, 7) is 5.52. The van der Waals surface area contributed by atoms with Crippen molar-refractivity contribution in [3.05, 3.63) is 41.7 Å². The van der Waals surface area contributed by atoms with Crippen molar-refractivity contribution in [2.45, 2.75) is 26.4 Å². The maximum atomic E-state index is 5.92. The van der Waals surface area contributed by atoms with Crippen LogP contribution in [0.5, 0.6) is 5.75 Å². The highest BCUT2D eigenvalue weighted by Gasteiger charge is 2.22. The summed E-state index contributed by atoms with van der Waals surface area (Å²) in [7, 11) is 0. The van der Waals surface area contributed by atoms with Gasteiger partial charge in [0.15, 0.2) is 0 Å². The third kappa shape index (κ3) is 3.24. The third-order valence-corrected chi connectivity index (χ3v) is 3.42. The molecule has 1 unspecified atom stereocenters. The van der Waals surface area contributed by atoms with Crippen molar-refractivity contribution in [2.75, 3.05) is 23.7 Å². The van der Waals surface area contributed by atoms with Crippen molar-refractivity contribution in [3.8, 4) is 5.75 Å². The second-order valence-electron chi connectivity index (χ2n) is 5.15. The fraction of sp³-hybridized carbons (Fsp3) is 0.375. The van der Waals surface area contributed by atoms with Crippen molar-refractivity contribution in [3.63, 3.8) is 0 Å². The number of benzene rings is 1. The van der Waals surface area contributed by atoms with Crippen LogP contribution in [0.1, 0.15) is 18.3 Å². The fourth-order valence-electron chi connectivity index (χ4n) is 2.52. The zero-order valence-corrected chi connectivity index (χ0v) is 12.4. The number of aryl methyl sites for hydroxylation is 1. The largest absolute Gasteiger partial charge is 0.488 e. The Balaban J connectivity index is 1.61. The molecule has 5 heteroatoms. The Morgan fingerprint density at radius 2 is 1.95 bits per heavy atom. The van der Waals surface area contributed by atoms with Crippen LogP contribution in [0.15, 0.2) is 30.3 Å². The van der Waals surface area contributed by atoms with E-state index in [1.165, 1.54) is 5.56 Å². The number of fused-ring (bicyclic) bond motifs is 1. The zero-order chi connectivity index (χ0) is 14.7. The van der Waals surface area contributed by atoms with E-state index >= 15 is 0 Å². The highest BCUT2D eigenvalue weighted by molar-refractivity contribution is 5.47. The van der Waals surface area contributed by atoms with Crippen LogP contribution in [0.4, 0.5) is 11.6 Å². The smallest absolute Gasteiger partial charge is 0.131 e. The molecule has 21 heavy (non-hydrogen) atoms. The lowest BCUT2D eigenvalue weighted by molar-refractivity contribution is 0.246. The number of hydrogen-bond acceptors (Lipinski definition) is 5. The lowest BCUT2D eigenvalue weighted by atomic mass is 10.1. The Kier molecular flexibility index (Phi) is 3.90. The number of aromatic nitrogens is 2. The first-order chi connectivity index (χ1) is 10.2. The maximum absolute atomic E-state index is 5.92. The highest BCUT2D eigenvalue weighted by Crippen LogP contribution is 2.28. The van der Waals surface area contributed by atoms with Gasteiger partial charge in [0.2, 0.25) is 0 Å². The van der Waals surface area contributed by atoms with Crippen LogP contribution in [0.2, 0.25) is 0 Å². The van der Waals surface area contributed by atoms with Crippen molar-refractivity contribution in [1.82, 2.24) is 9.97 Å². The van der Waals surface area contributed by atoms with E-state index in [4.69, 9.17) is 4.74 Å². The Hall–Kier alpha value is -2.30. The molecule has 0 bridgehead atoms. The molecule has 2 heterocycles. The molecule has 0 radical (unpaired) electrons. The first-order valence-electron chi connectivity index (χ1n) is 7.32. The molecular weight excluding hydrogens is 264 g/mol. The first-order valence-corrected chi connectivity index (χ1v) is 7.32. The average molecular weight is 284 g/mol. The summed E-state index contributed by atoms with van der Waals surface area (Å²) in [4.78, 5) is 8.75. The molecule has 110 valence electrons. The van der Waals surface area contributed by atoms with Crippen LogP contribution in [-0.4, -0.2) is 29.2 Å². The molecule has 1 aliphatic heterocycles. The standard InChI is InChI=1S/C16H20N4O/c1-3-17-15-9-16(20-11(2)19-15)18-10-13-8-12-6-4-5-7-14(12)21-13/h4-7,9,13H,3,8,10H2,1-2H3,(H2,17,18,19,20). The van der Waals surface area contributed by atoms with E-state index in [1.54, 1.807) is 0 Å². The third-order valence-electron chi connectivity index (χ3n) is 3.42. The van der Waals surface area contributed by atoms with Gasteiger partial charge >= 0.3 is 0 Å². The molecule has 0 spiro atoms. The molecule has 1 aromatic carbocycles. The Bertz CT molecular complexity index is 604. The van der Waals surface area contributed by atoms with Gasteiger partial charge in [0.05, 0.1) is 6.54 Å². The van der Waals surface area contributed by atoms with E-state index in [9.17, 15) is 0 Å². The molecule has 3 rings (SSSR count). The molecule has 2 N–H and O–H groups in total. The van der Waals surface area contributed by atoms with Crippen LogP contribution in [0, 0.1) is 6.92 Å². The van der Waals surface area contributed by atoms with E-state index in [0.29, 0.717) is 0 Å². The monoisotopic (exact) mass is 284 g/mol. The highest BCUT2D eigenvalue weighted by atomic mass is 16.5. The molecule has 0 saturated carbocycles. The van der Waals surface area contributed by atoms with Crippen LogP contribution >= 0.6 is 0 Å². The van der Waals surface area contributed by atoms with Crippen molar-refractivity contribution < 1.29 is 4.74 Å². The molecular formula is C16H20N4O. The Labute approximate surface area is 124 Å². The second kappa shape index (κ2) is 5.99. The van der Waals surface area contributed by atoms with Crippen molar-refractivity contribution in [1.29, 1.82) is 0 Å². The molecule has 5 nitrogen and oxygen atoms in total. The van der Waals surface area contributed by atoms with E-state index in [2.05, 4.69) is 32.7 Å². The van der Waals surface area contributed by atoms with Crippen LogP contribution in [0.3, 0.4) is 0 Å². The van der Waals surface area contributed by atoms with Gasteiger partial charge in [-0.2, -0.15) is 0 Å². The minimum atomic E-state index is 0.153. The molecule has 0 fully saturated rings. The van der Waals surface area contributed by atoms with E-state index in [-0.39, 0.29) is 6.10 Å². The van der Waals surface area contributed by atoms with E-state index in [0.717, 1.165) is 42.7 Å². The predicted molar refractivity (Wildman–Crippen MR) is 84.0 cm³/mol. The first kappa shape index (κ1) is 13.7. The molecule has 2 aromatic rings. The van der Waals surface area contributed by atoms with Gasteiger partial charge in [-0.3, -0.25) is 0 Å². The number of nitrogens with zero attached hydrogens (tertiary/aromatic N) is 2. The van der Waals surface area contributed by atoms with Crippen molar-refractivity contribution in [2.24, 2.45) is 0 Å². The number of ether oxygens (including phenoxy) is 1. The van der Waals surface area contributed by atoms with Crippen LogP contribution in [-0.2, 0) is 6.42 Å². The summed E-state index contributed by atoms with van der Waals surface area (Å²) in [5.41, 5.74) is 1.27. The van der Waals surface area contributed by atoms with E-state index < -0.39 is 0 Å². The maximum Gasteiger partial charge on any atom is 0.131 e. The lowest BCUT2D eigenvalue weighted by Gasteiger charge is -2.13. The summed E-state index contributed by atoms with van der Waals surface area (Å²) in [5.74, 6) is 3.43. The summed E-state index contributed by atoms with van der Waals surface area (Å²) in [6.07, 6.45) is 1.09. The van der Waals surface area contributed by atoms with Crippen LogP contribution in [0.25, 0.3) is 0 Å². The van der Waals surface area contributed by atoms with Gasteiger partial charge < -0.3 is 15.4 Å². The van der Waals surface area contributed by atoms with Gasteiger partial charge in [0, 0.05) is 19.0 Å². The number of rotatable bonds is 5. The van der Waals surface area contributed by atoms with E-state index in [1.807, 2.05) is 32.0 Å². The summed E-state index contributed by atoms with van der Waals surface area (Å²) < 4.78 is 5.92. The van der Waals surface area contributed by atoms with Gasteiger partial charge in [0.25, 0.3) is 0 Å². The minimum Gasteiger partial charge on any atom is -0.488 e. The molecule has 1 aromatic heterocycles. The molecule has 1 atom stereocenters. The number of hydrogen-bond donors (Lipinski definition) is 2. The average Bonchev–Trinajstić information content (AvgIpc) is 2.88. The number of para-hydroxylation sites is 1. The second-order valence-corrected chi connectivity index (χ2v) is 5.15. The number of anilines is 2. The number of nitrogens with one attached hydrogen (secondary N) is 2. The fourth-order valence-corrected chi connectivity index (χ4v) is 2.52.